The van der Waals surface area contributed by atoms with Gasteiger partial charge < -0.3 is 14.6 Å². The molecular formula is C10H20O3. The minimum atomic E-state index is -0.342. The third-order valence-corrected chi connectivity index (χ3v) is 2.86. The van der Waals surface area contributed by atoms with E-state index in [1.165, 1.54) is 0 Å². The van der Waals surface area contributed by atoms with Gasteiger partial charge in [-0.25, -0.2) is 0 Å². The Bertz CT molecular complexity index is 149. The summed E-state index contributed by atoms with van der Waals surface area (Å²) in [7, 11) is 1.65. The summed E-state index contributed by atoms with van der Waals surface area (Å²) in [4.78, 5) is 0. The first-order valence-corrected chi connectivity index (χ1v) is 4.97. The topological polar surface area (TPSA) is 38.7 Å². The van der Waals surface area contributed by atoms with Crippen LogP contribution in [-0.4, -0.2) is 31.2 Å². The van der Waals surface area contributed by atoms with Crippen LogP contribution in [0.25, 0.3) is 0 Å². The van der Waals surface area contributed by atoms with E-state index in [-0.39, 0.29) is 12.4 Å². The Balaban J connectivity index is 2.48. The summed E-state index contributed by atoms with van der Waals surface area (Å²) in [5, 5.41) is 9.60. The average molecular weight is 188 g/mol. The molecule has 0 amide bonds. The smallest absolute Gasteiger partial charge is 0.159 e. The second kappa shape index (κ2) is 4.94. The summed E-state index contributed by atoms with van der Waals surface area (Å²) < 4.78 is 10.6. The van der Waals surface area contributed by atoms with E-state index in [0.29, 0.717) is 18.4 Å². The number of hydrogen-bond donors (Lipinski definition) is 1. The SMILES string of the molecule is COC1OCC(O)C(C)CCC1C. The highest BCUT2D eigenvalue weighted by Gasteiger charge is 2.25. The lowest BCUT2D eigenvalue weighted by atomic mass is 9.92. The van der Waals surface area contributed by atoms with Gasteiger partial charge in [0.2, 0.25) is 0 Å². The lowest BCUT2D eigenvalue weighted by Crippen LogP contribution is -2.34. The molecule has 0 radical (unpaired) electrons. The van der Waals surface area contributed by atoms with Gasteiger partial charge in [0.05, 0.1) is 12.7 Å². The molecule has 1 rings (SSSR count). The van der Waals surface area contributed by atoms with Crippen molar-refractivity contribution >= 4 is 0 Å². The maximum absolute atomic E-state index is 9.60. The molecule has 13 heavy (non-hydrogen) atoms. The maximum atomic E-state index is 9.60. The van der Waals surface area contributed by atoms with Crippen LogP contribution in [0.3, 0.4) is 0 Å². The number of ether oxygens (including phenoxy) is 2. The Morgan fingerprint density at radius 2 is 1.85 bits per heavy atom. The van der Waals surface area contributed by atoms with Gasteiger partial charge in [-0.2, -0.15) is 0 Å². The van der Waals surface area contributed by atoms with Crippen molar-refractivity contribution in [3.05, 3.63) is 0 Å². The Morgan fingerprint density at radius 3 is 2.46 bits per heavy atom. The zero-order chi connectivity index (χ0) is 9.84. The first-order chi connectivity index (χ1) is 6.15. The fourth-order valence-corrected chi connectivity index (χ4v) is 1.68. The molecule has 0 aromatic carbocycles. The molecule has 0 saturated carbocycles. The first-order valence-electron chi connectivity index (χ1n) is 4.97. The van der Waals surface area contributed by atoms with Crippen molar-refractivity contribution in [2.24, 2.45) is 11.8 Å². The number of aliphatic hydroxyl groups is 1. The molecule has 0 spiro atoms. The van der Waals surface area contributed by atoms with Crippen molar-refractivity contribution in [3.8, 4) is 0 Å². The van der Waals surface area contributed by atoms with Crippen molar-refractivity contribution in [2.45, 2.75) is 39.1 Å². The second-order valence-corrected chi connectivity index (χ2v) is 4.04. The molecule has 1 heterocycles. The van der Waals surface area contributed by atoms with E-state index in [1.807, 2.05) is 0 Å². The third-order valence-electron chi connectivity index (χ3n) is 2.86. The van der Waals surface area contributed by atoms with Crippen molar-refractivity contribution in [3.63, 3.8) is 0 Å². The summed E-state index contributed by atoms with van der Waals surface area (Å²) in [6.07, 6.45) is 1.61. The molecule has 0 bridgehead atoms. The van der Waals surface area contributed by atoms with Crippen molar-refractivity contribution < 1.29 is 14.6 Å². The van der Waals surface area contributed by atoms with Crippen LogP contribution in [0, 0.1) is 11.8 Å². The molecule has 78 valence electrons. The molecule has 3 heteroatoms. The fourth-order valence-electron chi connectivity index (χ4n) is 1.68. The predicted octanol–water partition coefficient (Wildman–Crippen LogP) is 1.40. The van der Waals surface area contributed by atoms with Gasteiger partial charge in [0, 0.05) is 13.0 Å². The molecule has 0 aromatic heterocycles. The molecule has 1 aliphatic rings. The second-order valence-electron chi connectivity index (χ2n) is 4.04. The van der Waals surface area contributed by atoms with Crippen molar-refractivity contribution in [2.75, 3.05) is 13.7 Å². The molecular weight excluding hydrogens is 168 g/mol. The lowest BCUT2D eigenvalue weighted by molar-refractivity contribution is -0.181. The van der Waals surface area contributed by atoms with Crippen LogP contribution in [0.1, 0.15) is 26.7 Å². The molecule has 1 saturated heterocycles. The van der Waals surface area contributed by atoms with Crippen LogP contribution in [0.15, 0.2) is 0 Å². The highest BCUT2D eigenvalue weighted by atomic mass is 16.7. The first kappa shape index (κ1) is 11.0. The number of methoxy groups -OCH3 is 1. The molecule has 4 atom stereocenters. The number of hydrogen-bond acceptors (Lipinski definition) is 3. The van der Waals surface area contributed by atoms with E-state index < -0.39 is 0 Å². The molecule has 4 unspecified atom stereocenters. The fraction of sp³-hybridized carbons (Fsp3) is 1.00. The highest BCUT2D eigenvalue weighted by molar-refractivity contribution is 4.70. The molecule has 1 aliphatic heterocycles. The van der Waals surface area contributed by atoms with Gasteiger partial charge in [-0.1, -0.05) is 13.8 Å². The van der Waals surface area contributed by atoms with Crippen LogP contribution in [0.4, 0.5) is 0 Å². The normalized spacial score (nSPS) is 42.5. The van der Waals surface area contributed by atoms with Gasteiger partial charge in [0.1, 0.15) is 0 Å². The summed E-state index contributed by atoms with van der Waals surface area (Å²) in [6.45, 7) is 4.58. The Labute approximate surface area is 80.0 Å². The molecule has 0 aliphatic carbocycles. The molecule has 1 fully saturated rings. The lowest BCUT2D eigenvalue weighted by Gasteiger charge is -2.30. The summed E-state index contributed by atoms with van der Waals surface area (Å²) in [6, 6.07) is 0. The standard InChI is InChI=1S/C10H20O3/c1-7-4-5-8(2)10(12-3)13-6-9(7)11/h7-11H,4-6H2,1-3H3. The number of rotatable bonds is 1. The van der Waals surface area contributed by atoms with Crippen LogP contribution < -0.4 is 0 Å². The van der Waals surface area contributed by atoms with E-state index in [0.717, 1.165) is 12.8 Å². The van der Waals surface area contributed by atoms with E-state index >= 15 is 0 Å². The summed E-state index contributed by atoms with van der Waals surface area (Å²) in [5.74, 6) is 0.750. The summed E-state index contributed by atoms with van der Waals surface area (Å²) >= 11 is 0. The highest BCUT2D eigenvalue weighted by Crippen LogP contribution is 2.23. The van der Waals surface area contributed by atoms with Gasteiger partial charge in [0.15, 0.2) is 6.29 Å². The zero-order valence-electron chi connectivity index (χ0n) is 8.69. The van der Waals surface area contributed by atoms with E-state index in [9.17, 15) is 5.11 Å². The number of aliphatic hydroxyl groups excluding tert-OH is 1. The van der Waals surface area contributed by atoms with Crippen molar-refractivity contribution in [1.29, 1.82) is 0 Å². The Kier molecular flexibility index (Phi) is 4.16. The van der Waals surface area contributed by atoms with Gasteiger partial charge >= 0.3 is 0 Å². The van der Waals surface area contributed by atoms with Crippen LogP contribution in [0.5, 0.6) is 0 Å². The monoisotopic (exact) mass is 188 g/mol. The average Bonchev–Trinajstić information content (AvgIpc) is 2.13. The quantitative estimate of drug-likeness (QED) is 0.676. The van der Waals surface area contributed by atoms with E-state index in [4.69, 9.17) is 9.47 Å². The zero-order valence-corrected chi connectivity index (χ0v) is 8.69. The minimum absolute atomic E-state index is 0.151. The van der Waals surface area contributed by atoms with Crippen LogP contribution in [-0.2, 0) is 9.47 Å². The Morgan fingerprint density at radius 1 is 1.23 bits per heavy atom. The van der Waals surface area contributed by atoms with Crippen LogP contribution >= 0.6 is 0 Å². The van der Waals surface area contributed by atoms with Crippen molar-refractivity contribution in [1.82, 2.24) is 0 Å². The largest absolute Gasteiger partial charge is 0.390 e. The Hall–Kier alpha value is -0.120. The predicted molar refractivity (Wildman–Crippen MR) is 50.3 cm³/mol. The molecule has 0 aromatic rings. The van der Waals surface area contributed by atoms with Gasteiger partial charge in [-0.05, 0) is 18.8 Å². The van der Waals surface area contributed by atoms with Crippen LogP contribution in [0.2, 0.25) is 0 Å². The van der Waals surface area contributed by atoms with E-state index in [1.54, 1.807) is 7.11 Å². The third kappa shape index (κ3) is 2.93. The van der Waals surface area contributed by atoms with Gasteiger partial charge in [-0.15, -0.1) is 0 Å². The van der Waals surface area contributed by atoms with Gasteiger partial charge in [-0.3, -0.25) is 0 Å². The summed E-state index contributed by atoms with van der Waals surface area (Å²) in [5.41, 5.74) is 0. The minimum Gasteiger partial charge on any atom is -0.390 e. The van der Waals surface area contributed by atoms with E-state index in [2.05, 4.69) is 13.8 Å². The molecule has 3 nitrogen and oxygen atoms in total. The maximum Gasteiger partial charge on any atom is 0.159 e. The molecule has 1 N–H and O–H groups in total. The van der Waals surface area contributed by atoms with Gasteiger partial charge in [0.25, 0.3) is 0 Å².